The summed E-state index contributed by atoms with van der Waals surface area (Å²) in [5.41, 5.74) is 0.934. The van der Waals surface area contributed by atoms with Gasteiger partial charge in [0, 0.05) is 31.7 Å². The summed E-state index contributed by atoms with van der Waals surface area (Å²) in [7, 11) is 0. The zero-order valence-corrected chi connectivity index (χ0v) is 14.5. The van der Waals surface area contributed by atoms with Gasteiger partial charge in [0.15, 0.2) is 5.76 Å². The van der Waals surface area contributed by atoms with Crippen LogP contribution in [0.2, 0.25) is 0 Å². The van der Waals surface area contributed by atoms with Crippen molar-refractivity contribution in [1.29, 1.82) is 0 Å². The third-order valence-corrected chi connectivity index (χ3v) is 4.71. The largest absolute Gasteiger partial charge is 0.459 e. The van der Waals surface area contributed by atoms with E-state index < -0.39 is 0 Å². The van der Waals surface area contributed by atoms with Crippen LogP contribution in [-0.4, -0.2) is 52.0 Å². The number of nitrogens with zero attached hydrogens (tertiary/aromatic N) is 4. The molecule has 1 saturated heterocycles. The Hall–Kier alpha value is -2.93. The van der Waals surface area contributed by atoms with Gasteiger partial charge in [0.25, 0.3) is 5.91 Å². The van der Waals surface area contributed by atoms with Gasteiger partial charge in [0.05, 0.1) is 12.3 Å². The maximum absolute atomic E-state index is 12.3. The minimum atomic E-state index is -0.0635. The first kappa shape index (κ1) is 16.5. The predicted molar refractivity (Wildman–Crippen MR) is 94.3 cm³/mol. The van der Waals surface area contributed by atoms with Gasteiger partial charge in [-0.05, 0) is 19.1 Å². The molecule has 26 heavy (non-hydrogen) atoms. The number of piperazine rings is 1. The van der Waals surface area contributed by atoms with E-state index in [4.69, 9.17) is 8.94 Å². The van der Waals surface area contributed by atoms with Crippen LogP contribution < -0.4 is 0 Å². The second-order valence-electron chi connectivity index (χ2n) is 6.30. The molecule has 0 bridgehead atoms. The van der Waals surface area contributed by atoms with E-state index in [1.165, 1.54) is 6.26 Å². The van der Waals surface area contributed by atoms with Gasteiger partial charge in [-0.25, -0.2) is 0 Å². The average Bonchev–Trinajstić information content (AvgIpc) is 3.40. The highest BCUT2D eigenvalue weighted by atomic mass is 16.5. The molecule has 1 aromatic carbocycles. The highest BCUT2D eigenvalue weighted by Crippen LogP contribution is 2.23. The molecular formula is C19H20N4O3. The molecule has 3 heterocycles. The number of benzene rings is 1. The summed E-state index contributed by atoms with van der Waals surface area (Å²) in [5, 5.41) is 4.09. The molecule has 0 N–H and O–H groups in total. The van der Waals surface area contributed by atoms with Crippen LogP contribution in [-0.2, 0) is 0 Å². The highest BCUT2D eigenvalue weighted by molar-refractivity contribution is 5.91. The smallest absolute Gasteiger partial charge is 0.289 e. The van der Waals surface area contributed by atoms with Crippen molar-refractivity contribution in [3.63, 3.8) is 0 Å². The summed E-state index contributed by atoms with van der Waals surface area (Å²) >= 11 is 0. The first-order valence-corrected chi connectivity index (χ1v) is 8.68. The quantitative estimate of drug-likeness (QED) is 0.719. The number of amides is 1. The predicted octanol–water partition coefficient (Wildman–Crippen LogP) is 2.85. The van der Waals surface area contributed by atoms with Crippen LogP contribution in [0, 0.1) is 0 Å². The zero-order valence-electron chi connectivity index (χ0n) is 14.5. The van der Waals surface area contributed by atoms with E-state index in [1.54, 1.807) is 12.1 Å². The van der Waals surface area contributed by atoms with Gasteiger partial charge < -0.3 is 13.8 Å². The molecule has 1 unspecified atom stereocenters. The molecule has 1 aliphatic heterocycles. The summed E-state index contributed by atoms with van der Waals surface area (Å²) < 4.78 is 10.7. The second kappa shape index (κ2) is 7.13. The third kappa shape index (κ3) is 3.25. The Bertz CT molecular complexity index is 852. The van der Waals surface area contributed by atoms with E-state index in [1.807, 2.05) is 42.2 Å². The Balaban J connectivity index is 1.39. The van der Waals surface area contributed by atoms with Gasteiger partial charge in [-0.1, -0.05) is 35.5 Å². The van der Waals surface area contributed by atoms with Crippen LogP contribution in [0.1, 0.15) is 29.4 Å². The van der Waals surface area contributed by atoms with Crippen molar-refractivity contribution in [2.24, 2.45) is 0 Å². The highest BCUT2D eigenvalue weighted by Gasteiger charge is 2.28. The molecule has 1 fully saturated rings. The lowest BCUT2D eigenvalue weighted by Gasteiger charge is -2.36. The van der Waals surface area contributed by atoms with Gasteiger partial charge in [0.2, 0.25) is 11.7 Å². The lowest BCUT2D eigenvalue weighted by atomic mass is 10.2. The Morgan fingerprint density at radius 2 is 1.85 bits per heavy atom. The molecule has 7 nitrogen and oxygen atoms in total. The number of hydrogen-bond donors (Lipinski definition) is 0. The number of carbonyl (C=O) groups is 1. The Morgan fingerprint density at radius 1 is 1.08 bits per heavy atom. The lowest BCUT2D eigenvalue weighted by Crippen LogP contribution is -2.49. The minimum Gasteiger partial charge on any atom is -0.459 e. The maximum Gasteiger partial charge on any atom is 0.289 e. The first-order valence-electron chi connectivity index (χ1n) is 8.68. The summed E-state index contributed by atoms with van der Waals surface area (Å²) in [4.78, 5) is 20.9. The standard InChI is InChI=1S/C19H20N4O3/c1-14(18-20-17(21-26-18)15-6-3-2-4-7-15)22-9-11-23(12-10-22)19(24)16-8-5-13-25-16/h2-8,13-14H,9-12H2,1H3. The summed E-state index contributed by atoms with van der Waals surface area (Å²) in [5.74, 6) is 1.51. The van der Waals surface area contributed by atoms with Crippen molar-refractivity contribution in [1.82, 2.24) is 19.9 Å². The van der Waals surface area contributed by atoms with Gasteiger partial charge in [0.1, 0.15) is 0 Å². The molecule has 0 aliphatic carbocycles. The van der Waals surface area contributed by atoms with Gasteiger partial charge in [-0.2, -0.15) is 4.98 Å². The molecule has 0 radical (unpaired) electrons. The second-order valence-corrected chi connectivity index (χ2v) is 6.30. The molecule has 3 aromatic rings. The Morgan fingerprint density at radius 3 is 2.54 bits per heavy atom. The van der Waals surface area contributed by atoms with Crippen molar-refractivity contribution in [3.8, 4) is 11.4 Å². The van der Waals surface area contributed by atoms with Crippen molar-refractivity contribution < 1.29 is 13.7 Å². The van der Waals surface area contributed by atoms with E-state index in [0.717, 1.165) is 18.7 Å². The number of aromatic nitrogens is 2. The normalized spacial score (nSPS) is 16.6. The van der Waals surface area contributed by atoms with Crippen LogP contribution >= 0.6 is 0 Å². The summed E-state index contributed by atoms with van der Waals surface area (Å²) in [6.45, 7) is 4.83. The molecule has 0 spiro atoms. The van der Waals surface area contributed by atoms with Crippen LogP contribution in [0.5, 0.6) is 0 Å². The van der Waals surface area contributed by atoms with Gasteiger partial charge in [-0.15, -0.1) is 0 Å². The lowest BCUT2D eigenvalue weighted by molar-refractivity contribution is 0.0524. The molecular weight excluding hydrogens is 332 g/mol. The van der Waals surface area contributed by atoms with E-state index >= 15 is 0 Å². The van der Waals surface area contributed by atoms with Gasteiger partial charge >= 0.3 is 0 Å². The van der Waals surface area contributed by atoms with E-state index in [-0.39, 0.29) is 11.9 Å². The van der Waals surface area contributed by atoms with Gasteiger partial charge in [-0.3, -0.25) is 9.69 Å². The SMILES string of the molecule is CC(c1nc(-c2ccccc2)no1)N1CCN(C(=O)c2ccco2)CC1. The molecule has 4 rings (SSSR count). The number of carbonyl (C=O) groups excluding carboxylic acids is 1. The van der Waals surface area contributed by atoms with Crippen molar-refractivity contribution >= 4 is 5.91 Å². The number of furan rings is 1. The zero-order chi connectivity index (χ0) is 17.9. The van der Waals surface area contributed by atoms with Crippen LogP contribution in [0.25, 0.3) is 11.4 Å². The monoisotopic (exact) mass is 352 g/mol. The number of rotatable bonds is 4. The van der Waals surface area contributed by atoms with Crippen molar-refractivity contribution in [2.75, 3.05) is 26.2 Å². The molecule has 7 heteroatoms. The fraction of sp³-hybridized carbons (Fsp3) is 0.316. The fourth-order valence-corrected chi connectivity index (χ4v) is 3.13. The average molecular weight is 352 g/mol. The van der Waals surface area contributed by atoms with Crippen molar-refractivity contribution in [2.45, 2.75) is 13.0 Å². The first-order chi connectivity index (χ1) is 12.7. The molecule has 2 aromatic heterocycles. The van der Waals surface area contributed by atoms with E-state index in [2.05, 4.69) is 15.0 Å². The Labute approximate surface area is 151 Å². The van der Waals surface area contributed by atoms with E-state index in [0.29, 0.717) is 30.6 Å². The van der Waals surface area contributed by atoms with Crippen LogP contribution in [0.15, 0.2) is 57.7 Å². The van der Waals surface area contributed by atoms with Crippen LogP contribution in [0.3, 0.4) is 0 Å². The summed E-state index contributed by atoms with van der Waals surface area (Å²) in [6.07, 6.45) is 1.52. The minimum absolute atomic E-state index is 0.000766. The number of hydrogen-bond acceptors (Lipinski definition) is 6. The summed E-state index contributed by atoms with van der Waals surface area (Å²) in [6, 6.07) is 13.2. The maximum atomic E-state index is 12.3. The molecule has 1 amide bonds. The topological polar surface area (TPSA) is 75.6 Å². The molecule has 134 valence electrons. The fourth-order valence-electron chi connectivity index (χ4n) is 3.13. The molecule has 1 aliphatic rings. The molecule has 1 atom stereocenters. The third-order valence-electron chi connectivity index (χ3n) is 4.71. The van der Waals surface area contributed by atoms with E-state index in [9.17, 15) is 4.79 Å². The van der Waals surface area contributed by atoms with Crippen molar-refractivity contribution in [3.05, 3.63) is 60.4 Å². The van der Waals surface area contributed by atoms with Crippen LogP contribution in [0.4, 0.5) is 0 Å². The Kier molecular flexibility index (Phi) is 4.53. The molecule has 0 saturated carbocycles.